The zero-order chi connectivity index (χ0) is 21.8. The van der Waals surface area contributed by atoms with Crippen LogP contribution in [0.15, 0.2) is 65.3 Å². The Balaban J connectivity index is 1.70. The second-order valence-corrected chi connectivity index (χ2v) is 7.99. The molecular weight excluding hydrogens is 419 g/mol. The van der Waals surface area contributed by atoms with E-state index in [1.807, 2.05) is 25.1 Å². The number of nitrogens with zero attached hydrogens (tertiary/aromatic N) is 2. The van der Waals surface area contributed by atoms with Gasteiger partial charge >= 0.3 is 0 Å². The molecule has 0 spiro atoms. The molecule has 2 bridgehead atoms. The summed E-state index contributed by atoms with van der Waals surface area (Å²) in [6.07, 6.45) is 1.89. The molecule has 3 heterocycles. The number of carbonyl (C=O) groups is 1. The quantitative estimate of drug-likeness (QED) is 0.542. The summed E-state index contributed by atoms with van der Waals surface area (Å²) >= 11 is 5.81. The van der Waals surface area contributed by atoms with Crippen molar-refractivity contribution >= 4 is 28.9 Å². The molecular formula is C23H19FN2O4S. The first-order chi connectivity index (χ1) is 14.9. The van der Waals surface area contributed by atoms with Crippen molar-refractivity contribution in [1.29, 1.82) is 0 Å². The monoisotopic (exact) mass is 438 g/mol. The number of carbonyl (C=O) groups excluding carboxylic acids is 1. The van der Waals surface area contributed by atoms with Crippen molar-refractivity contribution in [1.82, 2.24) is 4.90 Å². The number of amides is 1. The normalized spacial score (nSPS) is 22.0. The largest absolute Gasteiger partial charge is 0.493 e. The summed E-state index contributed by atoms with van der Waals surface area (Å²) in [6, 6.07) is 14.4. The number of methoxy groups -OCH3 is 1. The number of furan rings is 1. The number of thiocarbonyl (C=S) groups is 1. The lowest BCUT2D eigenvalue weighted by Crippen LogP contribution is -2.67. The Labute approximate surface area is 183 Å². The first-order valence-electron chi connectivity index (χ1n) is 9.76. The van der Waals surface area contributed by atoms with E-state index in [0.29, 0.717) is 23.6 Å². The zero-order valence-electron chi connectivity index (χ0n) is 16.9. The molecule has 0 saturated carbocycles. The van der Waals surface area contributed by atoms with Crippen LogP contribution >= 0.6 is 12.2 Å². The first kappa shape index (κ1) is 19.6. The van der Waals surface area contributed by atoms with Gasteiger partial charge in [0, 0.05) is 17.7 Å². The van der Waals surface area contributed by atoms with Gasteiger partial charge < -0.3 is 13.9 Å². The first-order valence-corrected chi connectivity index (χ1v) is 10.2. The van der Waals surface area contributed by atoms with Crippen LogP contribution < -0.4 is 14.4 Å². The highest BCUT2D eigenvalue weighted by Gasteiger charge is 2.54. The molecule has 8 heteroatoms. The Bertz CT molecular complexity index is 1160. The van der Waals surface area contributed by atoms with E-state index in [4.69, 9.17) is 26.1 Å². The SMILES string of the molecule is COc1cccc2c1O[C@]1(C)C[C@@H]2N(C(=O)c2ccco2)C(=S)N1c1ccc(F)cc1. The summed E-state index contributed by atoms with van der Waals surface area (Å²) in [5.74, 6) is 0.571. The van der Waals surface area contributed by atoms with E-state index in [1.165, 1.54) is 18.4 Å². The summed E-state index contributed by atoms with van der Waals surface area (Å²) in [4.78, 5) is 16.7. The van der Waals surface area contributed by atoms with Crippen molar-refractivity contribution in [3.63, 3.8) is 0 Å². The van der Waals surface area contributed by atoms with Crippen LogP contribution in [0.4, 0.5) is 10.1 Å². The van der Waals surface area contributed by atoms with Crippen LogP contribution in [0, 0.1) is 5.82 Å². The van der Waals surface area contributed by atoms with Crippen molar-refractivity contribution in [3.8, 4) is 11.5 Å². The van der Waals surface area contributed by atoms with Crippen LogP contribution in [0.2, 0.25) is 0 Å². The Morgan fingerprint density at radius 2 is 1.97 bits per heavy atom. The fourth-order valence-corrected chi connectivity index (χ4v) is 4.84. The van der Waals surface area contributed by atoms with Gasteiger partial charge in [-0.25, -0.2) is 4.39 Å². The van der Waals surface area contributed by atoms with Gasteiger partial charge in [-0.3, -0.25) is 14.6 Å². The van der Waals surface area contributed by atoms with Crippen molar-refractivity contribution < 1.29 is 23.1 Å². The molecule has 2 aromatic carbocycles. The van der Waals surface area contributed by atoms with Crippen molar-refractivity contribution in [2.24, 2.45) is 0 Å². The van der Waals surface area contributed by atoms with Gasteiger partial charge in [-0.2, -0.15) is 0 Å². The van der Waals surface area contributed by atoms with Crippen LogP contribution in [-0.2, 0) is 0 Å². The van der Waals surface area contributed by atoms with Gasteiger partial charge in [0.15, 0.2) is 28.1 Å². The fourth-order valence-electron chi connectivity index (χ4n) is 4.33. The molecule has 0 radical (unpaired) electrons. The molecule has 2 aliphatic rings. The molecule has 0 unspecified atom stereocenters. The number of rotatable bonds is 3. The van der Waals surface area contributed by atoms with Gasteiger partial charge in [-0.15, -0.1) is 0 Å². The third kappa shape index (κ3) is 2.97. The van der Waals surface area contributed by atoms with E-state index in [0.717, 1.165) is 5.56 Å². The molecule has 1 saturated heterocycles. The highest BCUT2D eigenvalue weighted by molar-refractivity contribution is 7.80. The van der Waals surface area contributed by atoms with E-state index in [1.54, 1.807) is 41.2 Å². The van der Waals surface area contributed by atoms with E-state index in [-0.39, 0.29) is 28.6 Å². The summed E-state index contributed by atoms with van der Waals surface area (Å²) in [7, 11) is 1.57. The topological polar surface area (TPSA) is 55.2 Å². The summed E-state index contributed by atoms with van der Waals surface area (Å²) < 4.78 is 31.0. The number of benzene rings is 2. The van der Waals surface area contributed by atoms with Crippen LogP contribution in [0.25, 0.3) is 0 Å². The van der Waals surface area contributed by atoms with E-state index < -0.39 is 5.72 Å². The average Bonchev–Trinajstić information content (AvgIpc) is 3.29. The molecule has 31 heavy (non-hydrogen) atoms. The number of para-hydroxylation sites is 1. The molecule has 158 valence electrons. The molecule has 0 N–H and O–H groups in total. The van der Waals surface area contributed by atoms with Crippen molar-refractivity contribution in [3.05, 3.63) is 78.0 Å². The Hall–Kier alpha value is -3.39. The molecule has 5 rings (SSSR count). The maximum atomic E-state index is 13.6. The molecule has 1 aromatic heterocycles. The molecule has 3 aromatic rings. The van der Waals surface area contributed by atoms with Crippen LogP contribution in [-0.4, -0.2) is 28.8 Å². The van der Waals surface area contributed by atoms with Gasteiger partial charge in [-0.05, 0) is 61.6 Å². The number of hydrogen-bond acceptors (Lipinski definition) is 5. The maximum absolute atomic E-state index is 13.6. The van der Waals surface area contributed by atoms with Gasteiger partial charge in [0.1, 0.15) is 5.82 Å². The lowest BCUT2D eigenvalue weighted by molar-refractivity contribution is 0.0152. The molecule has 2 atom stereocenters. The highest BCUT2D eigenvalue weighted by atomic mass is 32.1. The standard InChI is InChI=1S/C23H19FN2O4S/c1-23-13-17(16-5-3-6-18(28-2)20(16)30-23)25(21(27)19-7-4-12-29-19)22(31)26(23)15-10-8-14(24)9-11-15/h3-12,17H,13H2,1-2H3/t17-,23+/m0/s1. The Kier molecular flexibility index (Phi) is 4.48. The highest BCUT2D eigenvalue weighted by Crippen LogP contribution is 2.52. The van der Waals surface area contributed by atoms with Gasteiger partial charge in [0.2, 0.25) is 0 Å². The fraction of sp³-hybridized carbons (Fsp3) is 0.217. The van der Waals surface area contributed by atoms with E-state index in [9.17, 15) is 9.18 Å². The summed E-state index contributed by atoms with van der Waals surface area (Å²) in [5.41, 5.74) is 0.502. The summed E-state index contributed by atoms with van der Waals surface area (Å²) in [5, 5.41) is 0.250. The van der Waals surface area contributed by atoms with Crippen molar-refractivity contribution in [2.75, 3.05) is 12.0 Å². The van der Waals surface area contributed by atoms with Crippen molar-refractivity contribution in [2.45, 2.75) is 25.1 Å². The molecule has 2 aliphatic heterocycles. The summed E-state index contributed by atoms with van der Waals surface area (Å²) in [6.45, 7) is 1.90. The van der Waals surface area contributed by atoms with Crippen LogP contribution in [0.1, 0.15) is 35.5 Å². The van der Waals surface area contributed by atoms with Gasteiger partial charge in [-0.1, -0.05) is 12.1 Å². The minimum Gasteiger partial charge on any atom is -0.493 e. The predicted octanol–water partition coefficient (Wildman–Crippen LogP) is 4.91. The predicted molar refractivity (Wildman–Crippen MR) is 116 cm³/mol. The third-order valence-corrected chi connectivity index (χ3v) is 6.08. The second-order valence-electron chi connectivity index (χ2n) is 7.62. The molecule has 1 fully saturated rings. The van der Waals surface area contributed by atoms with Gasteiger partial charge in [0.05, 0.1) is 19.4 Å². The lowest BCUT2D eigenvalue weighted by Gasteiger charge is -2.55. The Morgan fingerprint density at radius 3 is 2.65 bits per heavy atom. The van der Waals surface area contributed by atoms with E-state index in [2.05, 4.69) is 0 Å². The zero-order valence-corrected chi connectivity index (χ0v) is 17.7. The third-order valence-electron chi connectivity index (χ3n) is 5.70. The number of halogens is 1. The number of anilines is 1. The number of ether oxygens (including phenoxy) is 2. The maximum Gasteiger partial charge on any atom is 0.296 e. The minimum absolute atomic E-state index is 0.181. The molecule has 1 amide bonds. The lowest BCUT2D eigenvalue weighted by atomic mass is 9.88. The van der Waals surface area contributed by atoms with E-state index >= 15 is 0 Å². The second kappa shape index (κ2) is 7.09. The number of fused-ring (bicyclic) bond motifs is 4. The van der Waals surface area contributed by atoms with Crippen LogP contribution in [0.3, 0.4) is 0 Å². The van der Waals surface area contributed by atoms with Crippen LogP contribution in [0.5, 0.6) is 11.5 Å². The smallest absolute Gasteiger partial charge is 0.296 e. The Morgan fingerprint density at radius 1 is 1.19 bits per heavy atom. The molecule has 0 aliphatic carbocycles. The minimum atomic E-state index is -0.916. The number of hydrogen-bond donors (Lipinski definition) is 0. The van der Waals surface area contributed by atoms with Gasteiger partial charge in [0.25, 0.3) is 5.91 Å². The molecule has 6 nitrogen and oxygen atoms in total. The average molecular weight is 438 g/mol.